The van der Waals surface area contributed by atoms with Crippen LogP contribution in [0, 0.1) is 0 Å². The SMILES string of the molecule is COc1ccc(C(=O)N(C2CCCCC2)S(=O)(=O)C(O)C(=O)c2ccccc2)c(-c2ccccc2)c1. The van der Waals surface area contributed by atoms with Gasteiger partial charge in [-0.2, -0.15) is 0 Å². The lowest BCUT2D eigenvalue weighted by molar-refractivity contribution is 0.0765. The third-order valence-electron chi connectivity index (χ3n) is 6.49. The first-order valence-electron chi connectivity index (χ1n) is 11.9. The molecule has 1 fully saturated rings. The number of sulfonamides is 1. The zero-order chi connectivity index (χ0) is 25.7. The highest BCUT2D eigenvalue weighted by molar-refractivity contribution is 7.90. The van der Waals surface area contributed by atoms with Crippen LogP contribution in [0.4, 0.5) is 0 Å². The molecule has 188 valence electrons. The number of benzene rings is 3. The highest BCUT2D eigenvalue weighted by Gasteiger charge is 2.43. The molecule has 8 heteroatoms. The summed E-state index contributed by atoms with van der Waals surface area (Å²) in [6.45, 7) is 0. The summed E-state index contributed by atoms with van der Waals surface area (Å²) in [7, 11) is -3.24. The van der Waals surface area contributed by atoms with Gasteiger partial charge < -0.3 is 9.84 Å². The number of carbonyl (C=O) groups excluding carboxylic acids is 2. The summed E-state index contributed by atoms with van der Waals surface area (Å²) < 4.78 is 33.6. The van der Waals surface area contributed by atoms with Crippen LogP contribution < -0.4 is 4.74 Å². The van der Waals surface area contributed by atoms with Gasteiger partial charge in [-0.15, -0.1) is 0 Å². The fourth-order valence-corrected chi connectivity index (χ4v) is 6.18. The van der Waals surface area contributed by atoms with Crippen LogP contribution in [-0.4, -0.2) is 48.1 Å². The van der Waals surface area contributed by atoms with Crippen molar-refractivity contribution in [1.82, 2.24) is 4.31 Å². The molecule has 0 spiro atoms. The van der Waals surface area contributed by atoms with Gasteiger partial charge in [-0.25, -0.2) is 12.7 Å². The largest absolute Gasteiger partial charge is 0.497 e. The van der Waals surface area contributed by atoms with Gasteiger partial charge in [0.05, 0.1) is 7.11 Å². The van der Waals surface area contributed by atoms with E-state index >= 15 is 0 Å². The molecule has 3 aromatic carbocycles. The Morgan fingerprint density at radius 1 is 0.917 bits per heavy atom. The minimum Gasteiger partial charge on any atom is -0.497 e. The van der Waals surface area contributed by atoms with E-state index in [0.29, 0.717) is 29.7 Å². The topological polar surface area (TPSA) is 101 Å². The number of nitrogens with zero attached hydrogens (tertiary/aromatic N) is 1. The fourth-order valence-electron chi connectivity index (χ4n) is 4.60. The number of ether oxygens (including phenoxy) is 1. The van der Waals surface area contributed by atoms with Crippen molar-refractivity contribution in [1.29, 1.82) is 0 Å². The maximum absolute atomic E-state index is 14.0. The second-order valence-electron chi connectivity index (χ2n) is 8.80. The predicted molar refractivity (Wildman–Crippen MR) is 137 cm³/mol. The fraction of sp³-hybridized carbons (Fsp3) is 0.286. The number of carbonyl (C=O) groups is 2. The van der Waals surface area contributed by atoms with Crippen molar-refractivity contribution in [2.75, 3.05) is 7.11 Å². The van der Waals surface area contributed by atoms with Gasteiger partial charge in [0.25, 0.3) is 15.9 Å². The summed E-state index contributed by atoms with van der Waals surface area (Å²) in [5.41, 5.74) is -0.986. The molecule has 4 rings (SSSR count). The summed E-state index contributed by atoms with van der Waals surface area (Å²) in [5.74, 6) is -1.23. The van der Waals surface area contributed by atoms with Crippen LogP contribution in [0.5, 0.6) is 5.75 Å². The lowest BCUT2D eigenvalue weighted by Crippen LogP contribution is -2.51. The first kappa shape index (κ1) is 25.6. The summed E-state index contributed by atoms with van der Waals surface area (Å²) in [5, 5.41) is 10.8. The molecule has 0 radical (unpaired) electrons. The smallest absolute Gasteiger partial charge is 0.272 e. The maximum Gasteiger partial charge on any atom is 0.272 e. The Bertz CT molecular complexity index is 1320. The van der Waals surface area contributed by atoms with Crippen molar-refractivity contribution in [3.05, 3.63) is 90.0 Å². The van der Waals surface area contributed by atoms with Crippen molar-refractivity contribution < 1.29 is 27.9 Å². The van der Waals surface area contributed by atoms with E-state index in [4.69, 9.17) is 4.74 Å². The number of amides is 1. The number of ketones is 1. The van der Waals surface area contributed by atoms with Crippen molar-refractivity contribution in [3.8, 4) is 16.9 Å². The lowest BCUT2D eigenvalue weighted by Gasteiger charge is -2.35. The Balaban J connectivity index is 1.80. The van der Waals surface area contributed by atoms with Gasteiger partial charge in [-0.05, 0) is 42.2 Å². The van der Waals surface area contributed by atoms with E-state index in [-0.39, 0.29) is 11.1 Å². The third-order valence-corrected chi connectivity index (χ3v) is 8.28. The molecule has 0 bridgehead atoms. The second-order valence-corrected chi connectivity index (χ2v) is 10.7. The normalized spacial score (nSPS) is 15.2. The third kappa shape index (κ3) is 5.20. The predicted octanol–water partition coefficient (Wildman–Crippen LogP) is 4.67. The Morgan fingerprint density at radius 3 is 2.14 bits per heavy atom. The quantitative estimate of drug-likeness (QED) is 0.445. The zero-order valence-electron chi connectivity index (χ0n) is 20.0. The summed E-state index contributed by atoms with van der Waals surface area (Å²) in [6.07, 6.45) is 3.37. The molecule has 1 saturated carbocycles. The molecule has 7 nitrogen and oxygen atoms in total. The van der Waals surface area contributed by atoms with Crippen molar-refractivity contribution in [2.45, 2.75) is 43.6 Å². The molecule has 1 aliphatic rings. The monoisotopic (exact) mass is 507 g/mol. The highest BCUT2D eigenvalue weighted by Crippen LogP contribution is 2.33. The van der Waals surface area contributed by atoms with E-state index < -0.39 is 33.2 Å². The highest BCUT2D eigenvalue weighted by atomic mass is 32.2. The standard InChI is InChI=1S/C28H29NO6S/c1-35-23-17-18-24(25(19-23)20-11-5-2-6-12-20)27(31)29(22-15-9-4-10-16-22)36(33,34)28(32)26(30)21-13-7-3-8-14-21/h2-3,5-8,11-14,17-19,22,28,32H,4,9-10,15-16H2,1H3. The van der Waals surface area contributed by atoms with Gasteiger partial charge in [0.2, 0.25) is 11.2 Å². The molecule has 3 aromatic rings. The first-order chi connectivity index (χ1) is 17.3. The second kappa shape index (κ2) is 11.1. The number of hydrogen-bond acceptors (Lipinski definition) is 6. The van der Waals surface area contributed by atoms with Crippen molar-refractivity contribution in [2.24, 2.45) is 0 Å². The van der Waals surface area contributed by atoms with Crippen LogP contribution in [0.25, 0.3) is 11.1 Å². The van der Waals surface area contributed by atoms with Gasteiger partial charge in [0.15, 0.2) is 0 Å². The van der Waals surface area contributed by atoms with Gasteiger partial charge in [0, 0.05) is 17.2 Å². The average Bonchev–Trinajstić information content (AvgIpc) is 2.93. The van der Waals surface area contributed by atoms with Crippen molar-refractivity contribution in [3.63, 3.8) is 0 Å². The molecule has 0 heterocycles. The van der Waals surface area contributed by atoms with E-state index in [1.807, 2.05) is 30.3 Å². The molecular weight excluding hydrogens is 478 g/mol. The van der Waals surface area contributed by atoms with E-state index in [9.17, 15) is 23.1 Å². The Hall–Kier alpha value is -3.49. The molecular formula is C28H29NO6S. The Kier molecular flexibility index (Phi) is 7.86. The molecule has 0 saturated heterocycles. The molecule has 0 aliphatic heterocycles. The van der Waals surface area contributed by atoms with Crippen LogP contribution in [0.2, 0.25) is 0 Å². The number of hydrogen-bond donors (Lipinski definition) is 1. The van der Waals surface area contributed by atoms with E-state index in [2.05, 4.69) is 0 Å². The molecule has 1 atom stereocenters. The van der Waals surface area contributed by atoms with E-state index in [1.54, 1.807) is 30.3 Å². The molecule has 0 aromatic heterocycles. The van der Waals surface area contributed by atoms with Crippen molar-refractivity contribution >= 4 is 21.7 Å². The molecule has 36 heavy (non-hydrogen) atoms. The number of rotatable bonds is 8. The first-order valence-corrected chi connectivity index (χ1v) is 13.4. The molecule has 1 N–H and O–H groups in total. The van der Waals surface area contributed by atoms with Crippen LogP contribution in [0.15, 0.2) is 78.9 Å². The minimum atomic E-state index is -4.75. The lowest BCUT2D eigenvalue weighted by atomic mass is 9.94. The maximum atomic E-state index is 14.0. The number of methoxy groups -OCH3 is 1. The van der Waals surface area contributed by atoms with Crippen LogP contribution in [0.1, 0.15) is 52.8 Å². The number of Topliss-reactive ketones (excluding diaryl/α,β-unsaturated/α-hetero) is 1. The Morgan fingerprint density at radius 2 is 1.53 bits per heavy atom. The Labute approximate surface area is 211 Å². The molecule has 1 aliphatic carbocycles. The van der Waals surface area contributed by atoms with E-state index in [1.165, 1.54) is 25.3 Å². The van der Waals surface area contributed by atoms with Crippen LogP contribution in [-0.2, 0) is 10.0 Å². The molecule has 1 unspecified atom stereocenters. The van der Waals surface area contributed by atoms with Gasteiger partial charge in [-0.3, -0.25) is 9.59 Å². The summed E-state index contributed by atoms with van der Waals surface area (Å²) in [4.78, 5) is 27.0. The summed E-state index contributed by atoms with van der Waals surface area (Å²) >= 11 is 0. The summed E-state index contributed by atoms with van der Waals surface area (Å²) in [6, 6.07) is 21.0. The van der Waals surface area contributed by atoms with E-state index in [0.717, 1.165) is 23.6 Å². The van der Waals surface area contributed by atoms with Gasteiger partial charge in [-0.1, -0.05) is 79.9 Å². The average molecular weight is 508 g/mol. The molecule has 1 amide bonds. The number of aliphatic hydroxyl groups excluding tert-OH is 1. The minimum absolute atomic E-state index is 0.0547. The van der Waals surface area contributed by atoms with Crippen LogP contribution in [0.3, 0.4) is 0 Å². The van der Waals surface area contributed by atoms with Crippen LogP contribution >= 0.6 is 0 Å². The zero-order valence-corrected chi connectivity index (χ0v) is 20.9. The number of aliphatic hydroxyl groups is 1. The van der Waals surface area contributed by atoms with Gasteiger partial charge >= 0.3 is 0 Å². The van der Waals surface area contributed by atoms with Gasteiger partial charge in [0.1, 0.15) is 5.75 Å².